The molecule has 9 heteroatoms. The van der Waals surface area contributed by atoms with Crippen LogP contribution in [0, 0.1) is 17.1 Å². The molecule has 2 N–H and O–H groups in total. The topological polar surface area (TPSA) is 96.3 Å². The molecule has 5 aromatic rings. The second-order valence-electron chi connectivity index (χ2n) is 9.42. The summed E-state index contributed by atoms with van der Waals surface area (Å²) in [6.07, 6.45) is 2.72. The van der Waals surface area contributed by atoms with E-state index in [9.17, 15) is 14.4 Å². The third-order valence-electron chi connectivity index (χ3n) is 6.52. The Balaban J connectivity index is 1.49. The standard InChI is InChI=1S/C34H26ClFN4O3/c1-3-33(41)39-25-10-8-22(9-11-25)27-16-28-30(17-32(27)42-4-2)38-19-23(18-37)34(28)40-26-12-13-31(29(35)15-26)43-20-21-6-5-7-24(36)14-21/h3,5-17,19H,1,4,20H2,2H3,(H,38,40)(H,39,41). The number of pyridine rings is 1. The summed E-state index contributed by atoms with van der Waals surface area (Å²) in [4.78, 5) is 16.2. The van der Waals surface area contributed by atoms with Crippen molar-refractivity contribution in [3.63, 3.8) is 0 Å². The first-order chi connectivity index (χ1) is 20.9. The van der Waals surface area contributed by atoms with Gasteiger partial charge >= 0.3 is 0 Å². The van der Waals surface area contributed by atoms with Crippen molar-refractivity contribution < 1.29 is 18.7 Å². The summed E-state index contributed by atoms with van der Waals surface area (Å²) in [5, 5.41) is 17.1. The van der Waals surface area contributed by atoms with E-state index in [4.69, 9.17) is 21.1 Å². The number of ether oxygens (including phenoxy) is 2. The molecule has 0 atom stereocenters. The van der Waals surface area contributed by atoms with Crippen LogP contribution in [-0.2, 0) is 11.4 Å². The number of nitrogens with one attached hydrogen (secondary N) is 2. The third-order valence-corrected chi connectivity index (χ3v) is 6.82. The average Bonchev–Trinajstić information content (AvgIpc) is 3.01. The highest BCUT2D eigenvalue weighted by molar-refractivity contribution is 6.32. The normalized spacial score (nSPS) is 10.6. The zero-order valence-electron chi connectivity index (χ0n) is 23.2. The minimum Gasteiger partial charge on any atom is -0.493 e. The molecule has 0 bridgehead atoms. The number of fused-ring (bicyclic) bond motifs is 1. The highest BCUT2D eigenvalue weighted by atomic mass is 35.5. The smallest absolute Gasteiger partial charge is 0.247 e. The van der Waals surface area contributed by atoms with Gasteiger partial charge in [-0.25, -0.2) is 4.39 Å². The number of nitriles is 1. The van der Waals surface area contributed by atoms with Crippen molar-refractivity contribution in [3.8, 4) is 28.7 Å². The van der Waals surface area contributed by atoms with Gasteiger partial charge in [-0.2, -0.15) is 5.26 Å². The maximum atomic E-state index is 13.5. The SMILES string of the molecule is C=CC(=O)Nc1ccc(-c2cc3c(Nc4ccc(OCc5cccc(F)c5)c(Cl)c4)c(C#N)cnc3cc2OCC)cc1. The minimum atomic E-state index is -0.338. The summed E-state index contributed by atoms with van der Waals surface area (Å²) < 4.78 is 25.3. The van der Waals surface area contributed by atoms with Gasteiger partial charge < -0.3 is 20.1 Å². The highest BCUT2D eigenvalue weighted by Gasteiger charge is 2.16. The first-order valence-corrected chi connectivity index (χ1v) is 13.7. The lowest BCUT2D eigenvalue weighted by molar-refractivity contribution is -0.111. The van der Waals surface area contributed by atoms with Crippen molar-refractivity contribution in [1.29, 1.82) is 5.26 Å². The van der Waals surface area contributed by atoms with Crippen molar-refractivity contribution in [2.24, 2.45) is 0 Å². The van der Waals surface area contributed by atoms with Gasteiger partial charge in [0, 0.05) is 34.6 Å². The predicted molar refractivity (Wildman–Crippen MR) is 167 cm³/mol. The van der Waals surface area contributed by atoms with E-state index >= 15 is 0 Å². The second kappa shape index (κ2) is 13.1. The predicted octanol–water partition coefficient (Wildman–Crippen LogP) is 8.41. The van der Waals surface area contributed by atoms with Crippen molar-refractivity contribution >= 4 is 45.5 Å². The van der Waals surface area contributed by atoms with E-state index in [1.54, 1.807) is 42.5 Å². The summed E-state index contributed by atoms with van der Waals surface area (Å²) >= 11 is 6.53. The third kappa shape index (κ3) is 6.75. The van der Waals surface area contributed by atoms with Crippen LogP contribution in [0.25, 0.3) is 22.0 Å². The monoisotopic (exact) mass is 592 g/mol. The highest BCUT2D eigenvalue weighted by Crippen LogP contribution is 2.39. The molecule has 0 aliphatic heterocycles. The van der Waals surface area contributed by atoms with E-state index in [1.165, 1.54) is 24.4 Å². The molecule has 43 heavy (non-hydrogen) atoms. The zero-order chi connectivity index (χ0) is 30.3. The van der Waals surface area contributed by atoms with E-state index in [1.807, 2.05) is 31.2 Å². The lowest BCUT2D eigenvalue weighted by atomic mass is 9.99. The van der Waals surface area contributed by atoms with Crippen LogP contribution < -0.4 is 20.1 Å². The summed E-state index contributed by atoms with van der Waals surface area (Å²) in [5.41, 5.74) is 5.09. The number of nitrogens with zero attached hydrogens (tertiary/aromatic N) is 2. The molecule has 5 rings (SSSR count). The van der Waals surface area contributed by atoms with Crippen LogP contribution in [0.1, 0.15) is 18.1 Å². The van der Waals surface area contributed by atoms with E-state index in [-0.39, 0.29) is 18.3 Å². The van der Waals surface area contributed by atoms with Crippen LogP contribution in [0.15, 0.2) is 97.7 Å². The first-order valence-electron chi connectivity index (χ1n) is 13.4. The van der Waals surface area contributed by atoms with Gasteiger partial charge in [0.25, 0.3) is 0 Å². The van der Waals surface area contributed by atoms with Gasteiger partial charge in [0.1, 0.15) is 30.0 Å². The van der Waals surface area contributed by atoms with E-state index < -0.39 is 0 Å². The maximum absolute atomic E-state index is 13.5. The zero-order valence-corrected chi connectivity index (χ0v) is 23.9. The molecule has 214 valence electrons. The van der Waals surface area contributed by atoms with Gasteiger partial charge in [0.2, 0.25) is 5.91 Å². The Hall–Kier alpha value is -5.39. The molecule has 7 nitrogen and oxygen atoms in total. The fraction of sp³-hybridized carbons (Fsp3) is 0.0882. The molecule has 0 unspecified atom stereocenters. The number of benzene rings is 4. The van der Waals surface area contributed by atoms with Gasteiger partial charge in [0.15, 0.2) is 0 Å². The number of anilines is 3. The summed E-state index contributed by atoms with van der Waals surface area (Å²) in [5.74, 6) is 0.428. The van der Waals surface area contributed by atoms with Crippen molar-refractivity contribution in [2.75, 3.05) is 17.2 Å². The fourth-order valence-corrected chi connectivity index (χ4v) is 4.73. The molecule has 0 aliphatic carbocycles. The van der Waals surface area contributed by atoms with Crippen molar-refractivity contribution in [1.82, 2.24) is 4.98 Å². The molecule has 1 aromatic heterocycles. The van der Waals surface area contributed by atoms with Gasteiger partial charge in [-0.05, 0) is 72.7 Å². The molecule has 0 saturated heterocycles. The van der Waals surface area contributed by atoms with Gasteiger partial charge in [-0.3, -0.25) is 9.78 Å². The number of amides is 1. The molecule has 1 heterocycles. The lowest BCUT2D eigenvalue weighted by Crippen LogP contribution is -2.06. The molecule has 0 saturated carbocycles. The molecular weight excluding hydrogens is 567 g/mol. The van der Waals surface area contributed by atoms with Gasteiger partial charge in [0.05, 0.1) is 28.4 Å². The van der Waals surface area contributed by atoms with Crippen LogP contribution in [0.3, 0.4) is 0 Å². The lowest BCUT2D eigenvalue weighted by Gasteiger charge is -2.17. The number of hydrogen-bond acceptors (Lipinski definition) is 6. The molecule has 1 amide bonds. The Morgan fingerprint density at radius 3 is 2.53 bits per heavy atom. The van der Waals surface area contributed by atoms with Crippen LogP contribution in [0.2, 0.25) is 5.02 Å². The van der Waals surface area contributed by atoms with Crippen molar-refractivity contribution in [3.05, 3.63) is 120 Å². The molecule has 4 aromatic carbocycles. The Labute approximate surface area is 253 Å². The van der Waals surface area contributed by atoms with Crippen LogP contribution in [0.4, 0.5) is 21.5 Å². The van der Waals surface area contributed by atoms with E-state index in [2.05, 4.69) is 28.3 Å². The number of halogens is 2. The molecule has 0 fully saturated rings. The number of rotatable bonds is 10. The van der Waals surface area contributed by atoms with E-state index in [0.717, 1.165) is 11.1 Å². The van der Waals surface area contributed by atoms with Crippen molar-refractivity contribution in [2.45, 2.75) is 13.5 Å². The van der Waals surface area contributed by atoms with Crippen LogP contribution >= 0.6 is 11.6 Å². The van der Waals surface area contributed by atoms with Crippen LogP contribution in [0.5, 0.6) is 11.5 Å². The Morgan fingerprint density at radius 2 is 1.84 bits per heavy atom. The quantitative estimate of drug-likeness (QED) is 0.158. The number of carbonyl (C=O) groups excluding carboxylic acids is 1. The van der Waals surface area contributed by atoms with Gasteiger partial charge in [-0.15, -0.1) is 0 Å². The molecular formula is C34H26ClFN4O3. The fourth-order valence-electron chi connectivity index (χ4n) is 4.49. The summed E-state index contributed by atoms with van der Waals surface area (Å²) in [6, 6.07) is 24.7. The number of hydrogen-bond donors (Lipinski definition) is 2. The summed E-state index contributed by atoms with van der Waals surface area (Å²) in [7, 11) is 0. The number of carbonyl (C=O) groups is 1. The first kappa shape index (κ1) is 29.1. The largest absolute Gasteiger partial charge is 0.493 e. The van der Waals surface area contributed by atoms with E-state index in [0.29, 0.717) is 62.2 Å². The number of aromatic nitrogens is 1. The molecule has 0 aliphatic rings. The second-order valence-corrected chi connectivity index (χ2v) is 9.82. The summed E-state index contributed by atoms with van der Waals surface area (Å²) in [6.45, 7) is 5.98. The maximum Gasteiger partial charge on any atom is 0.247 e. The Kier molecular flexibility index (Phi) is 8.85. The molecule has 0 radical (unpaired) electrons. The minimum absolute atomic E-state index is 0.157. The Morgan fingerprint density at radius 1 is 1.05 bits per heavy atom. The van der Waals surface area contributed by atoms with Crippen LogP contribution in [-0.4, -0.2) is 17.5 Å². The average molecular weight is 593 g/mol. The Bertz CT molecular complexity index is 1870. The molecule has 0 spiro atoms. The van der Waals surface area contributed by atoms with Gasteiger partial charge in [-0.1, -0.05) is 42.4 Å².